The summed E-state index contributed by atoms with van der Waals surface area (Å²) >= 11 is 1.34. The van der Waals surface area contributed by atoms with Crippen LogP contribution in [0.1, 0.15) is 13.3 Å². The van der Waals surface area contributed by atoms with Gasteiger partial charge in [-0.05, 0) is 25.5 Å². The van der Waals surface area contributed by atoms with Crippen LogP contribution < -0.4 is 5.32 Å². The predicted molar refractivity (Wildman–Crippen MR) is 86.2 cm³/mol. The molecule has 1 N–H and O–H groups in total. The van der Waals surface area contributed by atoms with Crippen LogP contribution in [0.4, 0.5) is 0 Å². The molecule has 0 aliphatic rings. The average molecular weight is 320 g/mol. The van der Waals surface area contributed by atoms with Crippen molar-refractivity contribution in [2.75, 3.05) is 20.3 Å². The number of nitrogens with zero attached hydrogens (tertiary/aromatic N) is 3. The molecule has 0 saturated heterocycles. The number of methoxy groups -OCH3 is 1. The molecule has 0 aliphatic carbocycles. The largest absolute Gasteiger partial charge is 0.385 e. The van der Waals surface area contributed by atoms with Gasteiger partial charge < -0.3 is 10.1 Å². The standard InChI is InChI=1S/C15H20N4O2S/c1-12(14(20)16-9-6-10-21-2)22-15-17-11-19(18-15)13-7-4-3-5-8-13/h3-5,7-8,11-12H,6,9-10H2,1-2H3,(H,16,20). The maximum atomic E-state index is 12.0. The van der Waals surface area contributed by atoms with E-state index < -0.39 is 0 Å². The van der Waals surface area contributed by atoms with Crippen LogP contribution >= 0.6 is 11.8 Å². The first kappa shape index (κ1) is 16.5. The van der Waals surface area contributed by atoms with Crippen LogP contribution in [0.5, 0.6) is 0 Å². The molecule has 1 aromatic heterocycles. The van der Waals surface area contributed by atoms with E-state index in [-0.39, 0.29) is 11.2 Å². The van der Waals surface area contributed by atoms with Crippen molar-refractivity contribution in [1.82, 2.24) is 20.1 Å². The molecule has 0 radical (unpaired) electrons. The van der Waals surface area contributed by atoms with Crippen LogP contribution in [0.15, 0.2) is 41.8 Å². The molecule has 1 aromatic carbocycles. The summed E-state index contributed by atoms with van der Waals surface area (Å²) < 4.78 is 6.65. The molecule has 1 heterocycles. The fourth-order valence-electron chi connectivity index (χ4n) is 1.79. The van der Waals surface area contributed by atoms with E-state index in [9.17, 15) is 4.79 Å². The van der Waals surface area contributed by atoms with Gasteiger partial charge in [0.2, 0.25) is 11.1 Å². The lowest BCUT2D eigenvalue weighted by Crippen LogP contribution is -2.32. The van der Waals surface area contributed by atoms with E-state index in [1.165, 1.54) is 11.8 Å². The van der Waals surface area contributed by atoms with Gasteiger partial charge in [0.25, 0.3) is 0 Å². The van der Waals surface area contributed by atoms with Crippen molar-refractivity contribution in [2.45, 2.75) is 23.8 Å². The summed E-state index contributed by atoms with van der Waals surface area (Å²) in [6.07, 6.45) is 2.46. The van der Waals surface area contributed by atoms with E-state index in [2.05, 4.69) is 15.4 Å². The van der Waals surface area contributed by atoms with Gasteiger partial charge in [-0.2, -0.15) is 0 Å². The topological polar surface area (TPSA) is 69.0 Å². The molecular formula is C15H20N4O2S. The number of benzene rings is 1. The summed E-state index contributed by atoms with van der Waals surface area (Å²) in [6.45, 7) is 3.10. The molecule has 1 unspecified atom stereocenters. The molecule has 0 bridgehead atoms. The predicted octanol–water partition coefficient (Wildman–Crippen LogP) is 1.90. The van der Waals surface area contributed by atoms with Crippen molar-refractivity contribution in [3.63, 3.8) is 0 Å². The summed E-state index contributed by atoms with van der Waals surface area (Å²) in [5.41, 5.74) is 0.943. The number of thioether (sulfide) groups is 1. The Bertz CT molecular complexity index is 588. The molecule has 0 aliphatic heterocycles. The van der Waals surface area contributed by atoms with Crippen molar-refractivity contribution in [3.8, 4) is 5.69 Å². The molecular weight excluding hydrogens is 300 g/mol. The van der Waals surface area contributed by atoms with Crippen molar-refractivity contribution in [2.24, 2.45) is 0 Å². The van der Waals surface area contributed by atoms with Gasteiger partial charge >= 0.3 is 0 Å². The number of carbonyl (C=O) groups excluding carboxylic acids is 1. The van der Waals surface area contributed by atoms with Crippen molar-refractivity contribution < 1.29 is 9.53 Å². The number of hydrogen-bond acceptors (Lipinski definition) is 5. The number of ether oxygens (including phenoxy) is 1. The fourth-order valence-corrected chi connectivity index (χ4v) is 2.54. The fraction of sp³-hybridized carbons (Fsp3) is 0.400. The van der Waals surface area contributed by atoms with E-state index >= 15 is 0 Å². The maximum absolute atomic E-state index is 12.0. The summed E-state index contributed by atoms with van der Waals surface area (Å²) in [6, 6.07) is 9.75. The highest BCUT2D eigenvalue weighted by Gasteiger charge is 2.16. The van der Waals surface area contributed by atoms with Crippen molar-refractivity contribution in [1.29, 1.82) is 0 Å². The molecule has 0 saturated carbocycles. The minimum absolute atomic E-state index is 0.0165. The maximum Gasteiger partial charge on any atom is 0.233 e. The number of aromatic nitrogens is 3. The van der Waals surface area contributed by atoms with Gasteiger partial charge in [0, 0.05) is 20.3 Å². The SMILES string of the molecule is COCCCNC(=O)C(C)Sc1ncn(-c2ccccc2)n1. The number of rotatable bonds is 8. The van der Waals surface area contributed by atoms with Crippen molar-refractivity contribution in [3.05, 3.63) is 36.7 Å². The second-order valence-electron chi connectivity index (χ2n) is 4.70. The summed E-state index contributed by atoms with van der Waals surface area (Å²) in [5, 5.41) is 7.60. The van der Waals surface area contributed by atoms with Crippen LogP contribution in [0.3, 0.4) is 0 Å². The highest BCUT2D eigenvalue weighted by atomic mass is 32.2. The first-order valence-electron chi connectivity index (χ1n) is 7.11. The molecule has 6 nitrogen and oxygen atoms in total. The van der Waals surface area contributed by atoms with Crippen LogP contribution in [0, 0.1) is 0 Å². The second-order valence-corrected chi connectivity index (χ2v) is 6.01. The molecule has 2 aromatic rings. The van der Waals surface area contributed by atoms with E-state index in [0.717, 1.165) is 12.1 Å². The Hall–Kier alpha value is -1.86. The third-order valence-electron chi connectivity index (χ3n) is 2.97. The lowest BCUT2D eigenvalue weighted by atomic mass is 10.3. The van der Waals surface area contributed by atoms with Gasteiger partial charge in [-0.25, -0.2) is 9.67 Å². The Morgan fingerprint density at radius 2 is 2.18 bits per heavy atom. The Kier molecular flexibility index (Phi) is 6.42. The molecule has 22 heavy (non-hydrogen) atoms. The average Bonchev–Trinajstić information content (AvgIpc) is 3.00. The molecule has 1 atom stereocenters. The van der Waals surface area contributed by atoms with Crippen LogP contribution in [-0.2, 0) is 9.53 Å². The monoisotopic (exact) mass is 320 g/mol. The Labute approximate surface area is 134 Å². The third kappa shape index (κ3) is 4.85. The quantitative estimate of drug-likeness (QED) is 0.594. The number of carbonyl (C=O) groups is 1. The minimum atomic E-state index is -0.242. The van der Waals surface area contributed by atoms with E-state index in [1.54, 1.807) is 18.1 Å². The molecule has 118 valence electrons. The van der Waals surface area contributed by atoms with Crippen LogP contribution in [-0.4, -0.2) is 46.2 Å². The number of para-hydroxylation sites is 1. The normalized spacial score (nSPS) is 12.1. The number of nitrogens with one attached hydrogen (secondary N) is 1. The Morgan fingerprint density at radius 1 is 1.41 bits per heavy atom. The number of amides is 1. The zero-order valence-electron chi connectivity index (χ0n) is 12.7. The van der Waals surface area contributed by atoms with Gasteiger partial charge in [-0.15, -0.1) is 5.10 Å². The minimum Gasteiger partial charge on any atom is -0.385 e. The van der Waals surface area contributed by atoms with Gasteiger partial charge in [0.05, 0.1) is 10.9 Å². The number of hydrogen-bond donors (Lipinski definition) is 1. The first-order valence-corrected chi connectivity index (χ1v) is 7.99. The first-order chi connectivity index (χ1) is 10.7. The highest BCUT2D eigenvalue weighted by Crippen LogP contribution is 2.19. The molecule has 7 heteroatoms. The Morgan fingerprint density at radius 3 is 2.91 bits per heavy atom. The highest BCUT2D eigenvalue weighted by molar-refractivity contribution is 8.00. The molecule has 0 spiro atoms. The molecule has 0 fully saturated rings. The van der Waals surface area contributed by atoms with Crippen LogP contribution in [0.25, 0.3) is 5.69 Å². The molecule has 2 rings (SSSR count). The van der Waals surface area contributed by atoms with Gasteiger partial charge in [-0.3, -0.25) is 4.79 Å². The summed E-state index contributed by atoms with van der Waals surface area (Å²) in [7, 11) is 1.65. The zero-order chi connectivity index (χ0) is 15.8. The Balaban J connectivity index is 1.85. The van der Waals surface area contributed by atoms with E-state index in [1.807, 2.05) is 37.3 Å². The van der Waals surface area contributed by atoms with Gasteiger partial charge in [0.1, 0.15) is 6.33 Å². The van der Waals surface area contributed by atoms with Crippen molar-refractivity contribution >= 4 is 17.7 Å². The zero-order valence-corrected chi connectivity index (χ0v) is 13.5. The summed E-state index contributed by atoms with van der Waals surface area (Å²) in [5.74, 6) is -0.0165. The van der Waals surface area contributed by atoms with E-state index in [4.69, 9.17) is 4.74 Å². The second kappa shape index (κ2) is 8.55. The van der Waals surface area contributed by atoms with Gasteiger partial charge in [0.15, 0.2) is 0 Å². The summed E-state index contributed by atoms with van der Waals surface area (Å²) in [4.78, 5) is 16.2. The lowest BCUT2D eigenvalue weighted by molar-refractivity contribution is -0.120. The molecule has 1 amide bonds. The smallest absolute Gasteiger partial charge is 0.233 e. The van der Waals surface area contributed by atoms with Gasteiger partial charge in [-0.1, -0.05) is 30.0 Å². The third-order valence-corrected chi connectivity index (χ3v) is 3.93. The van der Waals surface area contributed by atoms with Crippen LogP contribution in [0.2, 0.25) is 0 Å². The lowest BCUT2D eigenvalue weighted by Gasteiger charge is -2.09. The van der Waals surface area contributed by atoms with E-state index in [0.29, 0.717) is 18.3 Å².